The molecule has 4 rings (SSSR count). The Hall–Kier alpha value is -2.71. The van der Waals surface area contributed by atoms with Crippen molar-refractivity contribution in [1.82, 2.24) is 4.90 Å². The van der Waals surface area contributed by atoms with Gasteiger partial charge in [-0.15, -0.1) is 0 Å². The Morgan fingerprint density at radius 3 is 2.18 bits per heavy atom. The highest BCUT2D eigenvalue weighted by Crippen LogP contribution is 2.37. The number of piperazine rings is 1. The summed E-state index contributed by atoms with van der Waals surface area (Å²) in [5.74, 6) is -0.404. The highest BCUT2D eigenvalue weighted by Gasteiger charge is 2.37. The van der Waals surface area contributed by atoms with E-state index >= 15 is 4.39 Å². The lowest BCUT2D eigenvalue weighted by molar-refractivity contribution is -0.137. The van der Waals surface area contributed by atoms with E-state index in [4.69, 9.17) is 9.16 Å². The Balaban J connectivity index is 1.26. The van der Waals surface area contributed by atoms with E-state index in [0.29, 0.717) is 55.8 Å². The molecule has 212 valence electrons. The zero-order valence-corrected chi connectivity index (χ0v) is 25.0. The number of hydrogen-bond acceptors (Lipinski definition) is 5. The molecule has 39 heavy (non-hydrogen) atoms. The molecule has 0 unspecified atom stereocenters. The van der Waals surface area contributed by atoms with Gasteiger partial charge in [-0.3, -0.25) is 4.79 Å². The summed E-state index contributed by atoms with van der Waals surface area (Å²) in [6, 6.07) is 14.5. The molecule has 6 nitrogen and oxygen atoms in total. The summed E-state index contributed by atoms with van der Waals surface area (Å²) in [6.45, 7) is 13.5. The topological polar surface area (TPSA) is 59.1 Å². The van der Waals surface area contributed by atoms with E-state index in [0.717, 1.165) is 12.8 Å². The van der Waals surface area contributed by atoms with Crippen LogP contribution in [0.3, 0.4) is 0 Å². The van der Waals surface area contributed by atoms with E-state index < -0.39 is 8.32 Å². The molecule has 1 aliphatic heterocycles. The fraction of sp³-hybridized carbons (Fsp3) is 0.548. The normalized spacial score (nSPS) is 20.6. The van der Waals surface area contributed by atoms with Gasteiger partial charge in [0.05, 0.1) is 17.9 Å². The van der Waals surface area contributed by atoms with E-state index in [1.807, 2.05) is 40.1 Å². The van der Waals surface area contributed by atoms with Crippen molar-refractivity contribution in [2.24, 2.45) is 5.92 Å². The van der Waals surface area contributed by atoms with E-state index in [1.54, 1.807) is 18.2 Å². The van der Waals surface area contributed by atoms with Crippen molar-refractivity contribution in [3.05, 3.63) is 65.5 Å². The molecular formula is C31H43FN2O4Si. The van der Waals surface area contributed by atoms with Gasteiger partial charge in [0.1, 0.15) is 6.10 Å². The molecule has 0 aromatic heterocycles. The fourth-order valence-electron chi connectivity index (χ4n) is 5.04. The van der Waals surface area contributed by atoms with Crippen LogP contribution in [0.15, 0.2) is 48.5 Å². The number of carbonyl (C=O) groups excluding carboxylic acids is 2. The first-order chi connectivity index (χ1) is 18.5. The smallest absolute Gasteiger partial charge is 0.338 e. The van der Waals surface area contributed by atoms with Crippen LogP contribution in [0.5, 0.6) is 0 Å². The van der Waals surface area contributed by atoms with Crippen LogP contribution in [-0.4, -0.2) is 57.4 Å². The van der Waals surface area contributed by atoms with Gasteiger partial charge < -0.3 is 19.0 Å². The SMILES string of the molecule is CC(C)(C)[Si](C)(C)OCc1cccc(N2CCN(C(=O)[C@H]3CC[C@@H](OC(=O)c4ccccc4)CC3)CC2)c1F. The Morgan fingerprint density at radius 2 is 1.56 bits per heavy atom. The van der Waals surface area contributed by atoms with Gasteiger partial charge in [-0.05, 0) is 62.0 Å². The molecule has 0 spiro atoms. The van der Waals surface area contributed by atoms with Crippen molar-refractivity contribution in [3.63, 3.8) is 0 Å². The van der Waals surface area contributed by atoms with Gasteiger partial charge in [0.2, 0.25) is 5.91 Å². The third kappa shape index (κ3) is 7.08. The number of carbonyl (C=O) groups is 2. The summed E-state index contributed by atoms with van der Waals surface area (Å²) in [4.78, 5) is 29.5. The zero-order valence-electron chi connectivity index (χ0n) is 24.0. The second kappa shape index (κ2) is 12.2. The summed E-state index contributed by atoms with van der Waals surface area (Å²) < 4.78 is 27.4. The Morgan fingerprint density at radius 1 is 0.923 bits per heavy atom. The monoisotopic (exact) mass is 554 g/mol. The Bertz CT molecular complexity index is 1140. The van der Waals surface area contributed by atoms with Crippen LogP contribution in [0.2, 0.25) is 18.1 Å². The number of esters is 1. The van der Waals surface area contributed by atoms with Gasteiger partial charge in [-0.2, -0.15) is 0 Å². The molecule has 2 fully saturated rings. The van der Waals surface area contributed by atoms with E-state index in [1.165, 1.54) is 0 Å². The van der Waals surface area contributed by atoms with Crippen LogP contribution in [-0.2, 0) is 20.6 Å². The minimum absolute atomic E-state index is 0.0456. The van der Waals surface area contributed by atoms with Crippen LogP contribution in [0.1, 0.15) is 62.4 Å². The van der Waals surface area contributed by atoms with Crippen molar-refractivity contribution < 1.29 is 23.1 Å². The number of anilines is 1. The summed E-state index contributed by atoms with van der Waals surface area (Å²) >= 11 is 0. The minimum Gasteiger partial charge on any atom is -0.459 e. The van der Waals surface area contributed by atoms with Crippen LogP contribution in [0, 0.1) is 11.7 Å². The van der Waals surface area contributed by atoms with Gasteiger partial charge in [0.25, 0.3) is 0 Å². The Kier molecular flexibility index (Phi) is 9.17. The van der Waals surface area contributed by atoms with Crippen molar-refractivity contribution in [2.75, 3.05) is 31.1 Å². The standard InChI is InChI=1S/C31H43FN2O4Si/c1-31(2,3)39(4,5)37-22-25-12-9-13-27(28(25)32)33-18-20-34(21-19-33)29(35)23-14-16-26(17-15-23)38-30(36)24-10-7-6-8-11-24/h6-13,23,26H,14-22H2,1-5H3/t23-,26+. The molecule has 0 N–H and O–H groups in total. The number of ether oxygens (including phenoxy) is 1. The second-order valence-electron chi connectivity index (χ2n) is 12.4. The highest BCUT2D eigenvalue weighted by atomic mass is 28.4. The summed E-state index contributed by atoms with van der Waals surface area (Å²) in [7, 11) is -1.98. The molecule has 1 saturated carbocycles. The number of halogens is 1. The van der Waals surface area contributed by atoms with E-state index in [-0.39, 0.29) is 41.4 Å². The van der Waals surface area contributed by atoms with Gasteiger partial charge in [-0.1, -0.05) is 51.1 Å². The quantitative estimate of drug-likeness (QED) is 0.292. The predicted molar refractivity (Wildman–Crippen MR) is 155 cm³/mol. The van der Waals surface area contributed by atoms with Crippen LogP contribution in [0.4, 0.5) is 10.1 Å². The average molecular weight is 555 g/mol. The number of amides is 1. The average Bonchev–Trinajstić information content (AvgIpc) is 2.92. The van der Waals surface area contributed by atoms with Crippen LogP contribution in [0.25, 0.3) is 0 Å². The molecule has 1 heterocycles. The first kappa shape index (κ1) is 29.3. The van der Waals surface area contributed by atoms with Crippen molar-refractivity contribution in [1.29, 1.82) is 0 Å². The molecule has 0 atom stereocenters. The molecule has 2 aliphatic rings. The molecule has 0 bridgehead atoms. The predicted octanol–water partition coefficient (Wildman–Crippen LogP) is 6.41. The first-order valence-corrected chi connectivity index (χ1v) is 17.1. The molecule has 8 heteroatoms. The number of nitrogens with zero attached hydrogens (tertiary/aromatic N) is 2. The summed E-state index contributed by atoms with van der Waals surface area (Å²) in [5.41, 5.74) is 1.72. The van der Waals surface area contributed by atoms with E-state index in [9.17, 15) is 9.59 Å². The summed E-state index contributed by atoms with van der Waals surface area (Å²) in [6.07, 6.45) is 2.69. The molecule has 2 aromatic rings. The van der Waals surface area contributed by atoms with Crippen LogP contribution < -0.4 is 4.90 Å². The molecule has 1 amide bonds. The van der Waals surface area contributed by atoms with Crippen molar-refractivity contribution in [2.45, 2.75) is 77.3 Å². The number of benzene rings is 2. The maximum Gasteiger partial charge on any atom is 0.338 e. The van der Waals surface area contributed by atoms with Gasteiger partial charge in [0.15, 0.2) is 14.1 Å². The second-order valence-corrected chi connectivity index (χ2v) is 17.2. The first-order valence-electron chi connectivity index (χ1n) is 14.2. The molecule has 1 aliphatic carbocycles. The largest absolute Gasteiger partial charge is 0.459 e. The van der Waals surface area contributed by atoms with Gasteiger partial charge in [0, 0.05) is 37.7 Å². The zero-order chi connectivity index (χ0) is 28.2. The maximum atomic E-state index is 15.5. The van der Waals surface area contributed by atoms with Gasteiger partial charge in [-0.25, -0.2) is 9.18 Å². The Labute approximate surface area is 233 Å². The lowest BCUT2D eigenvalue weighted by Crippen LogP contribution is -2.51. The van der Waals surface area contributed by atoms with Crippen LogP contribution >= 0.6 is 0 Å². The molecule has 1 saturated heterocycles. The third-order valence-electron chi connectivity index (χ3n) is 8.69. The van der Waals surface area contributed by atoms with Gasteiger partial charge >= 0.3 is 5.97 Å². The summed E-state index contributed by atoms with van der Waals surface area (Å²) in [5, 5.41) is 0.0653. The maximum absolute atomic E-state index is 15.5. The van der Waals surface area contributed by atoms with E-state index in [2.05, 4.69) is 33.9 Å². The number of hydrogen-bond donors (Lipinski definition) is 0. The van der Waals surface area contributed by atoms with Crippen molar-refractivity contribution in [3.8, 4) is 0 Å². The minimum atomic E-state index is -1.98. The molecular weight excluding hydrogens is 511 g/mol. The lowest BCUT2D eigenvalue weighted by Gasteiger charge is -2.39. The molecule has 2 aromatic carbocycles. The number of rotatable bonds is 7. The lowest BCUT2D eigenvalue weighted by atomic mass is 9.86. The third-order valence-corrected chi connectivity index (χ3v) is 13.2. The van der Waals surface area contributed by atoms with Crippen molar-refractivity contribution >= 4 is 25.9 Å². The molecule has 0 radical (unpaired) electrons. The fourth-order valence-corrected chi connectivity index (χ4v) is 5.99. The highest BCUT2D eigenvalue weighted by molar-refractivity contribution is 6.74.